The molecule has 23 heavy (non-hydrogen) atoms. The van der Waals surface area contributed by atoms with Gasteiger partial charge in [-0.1, -0.05) is 30.4 Å². The molecule has 0 N–H and O–H groups in total. The quantitative estimate of drug-likeness (QED) is 0.532. The van der Waals surface area contributed by atoms with Crippen molar-refractivity contribution in [3.63, 3.8) is 0 Å². The zero-order valence-corrected chi connectivity index (χ0v) is 15.0. The van der Waals surface area contributed by atoms with E-state index in [9.17, 15) is 0 Å². The van der Waals surface area contributed by atoms with Crippen molar-refractivity contribution < 1.29 is 0 Å². The van der Waals surface area contributed by atoms with Crippen LogP contribution in [0.1, 0.15) is 68.1 Å². The third-order valence-corrected chi connectivity index (χ3v) is 6.39. The Bertz CT molecular complexity index is 570. The molecule has 1 unspecified atom stereocenters. The molecule has 0 radical (unpaired) electrons. The third kappa shape index (κ3) is 3.97. The van der Waals surface area contributed by atoms with Crippen molar-refractivity contribution in [3.8, 4) is 0 Å². The lowest BCUT2D eigenvalue weighted by atomic mass is 9.70. The SMILES string of the molecule is C=CCC1CCC(C2CC=C(c3ccc(C)c(C)c3)CC2)CC1. The van der Waals surface area contributed by atoms with Crippen LogP contribution in [0, 0.1) is 31.6 Å². The normalized spacial score (nSPS) is 28.3. The number of allylic oxidation sites excluding steroid dienone is 3. The van der Waals surface area contributed by atoms with Gasteiger partial charge in [0.05, 0.1) is 0 Å². The highest BCUT2D eigenvalue weighted by Gasteiger charge is 2.28. The van der Waals surface area contributed by atoms with Gasteiger partial charge in [-0.3, -0.25) is 0 Å². The van der Waals surface area contributed by atoms with Gasteiger partial charge in [0.2, 0.25) is 0 Å². The minimum absolute atomic E-state index is 0.925. The molecular weight excluding hydrogens is 276 g/mol. The summed E-state index contributed by atoms with van der Waals surface area (Å²) >= 11 is 0. The Labute approximate surface area is 142 Å². The smallest absolute Gasteiger partial charge is 0.0225 e. The monoisotopic (exact) mass is 308 g/mol. The van der Waals surface area contributed by atoms with Crippen molar-refractivity contribution in [2.45, 2.75) is 65.2 Å². The summed E-state index contributed by atoms with van der Waals surface area (Å²) < 4.78 is 0. The van der Waals surface area contributed by atoms with E-state index in [1.165, 1.54) is 68.1 Å². The lowest BCUT2D eigenvalue weighted by Gasteiger charge is -2.35. The summed E-state index contributed by atoms with van der Waals surface area (Å²) in [7, 11) is 0. The van der Waals surface area contributed by atoms with E-state index in [-0.39, 0.29) is 0 Å². The fourth-order valence-electron chi connectivity index (χ4n) is 4.62. The van der Waals surface area contributed by atoms with Gasteiger partial charge < -0.3 is 0 Å². The number of hydrogen-bond acceptors (Lipinski definition) is 0. The largest absolute Gasteiger partial charge is 0.103 e. The average molecular weight is 309 g/mol. The summed E-state index contributed by atoms with van der Waals surface area (Å²) in [5.74, 6) is 2.84. The molecule has 1 aromatic rings. The molecule has 1 fully saturated rings. The number of hydrogen-bond donors (Lipinski definition) is 0. The van der Waals surface area contributed by atoms with E-state index in [1.54, 1.807) is 5.57 Å². The molecular formula is C23H32. The van der Waals surface area contributed by atoms with Crippen LogP contribution in [-0.2, 0) is 0 Å². The lowest BCUT2D eigenvalue weighted by molar-refractivity contribution is 0.196. The Balaban J connectivity index is 1.58. The van der Waals surface area contributed by atoms with Crippen LogP contribution in [0.2, 0.25) is 0 Å². The molecule has 1 aromatic carbocycles. The van der Waals surface area contributed by atoms with Crippen molar-refractivity contribution in [1.29, 1.82) is 0 Å². The first kappa shape index (κ1) is 16.6. The van der Waals surface area contributed by atoms with Gasteiger partial charge in [-0.25, -0.2) is 0 Å². The minimum atomic E-state index is 0.925. The Morgan fingerprint density at radius 2 is 1.78 bits per heavy atom. The number of benzene rings is 1. The summed E-state index contributed by atoms with van der Waals surface area (Å²) in [5.41, 5.74) is 5.87. The molecule has 0 aliphatic heterocycles. The van der Waals surface area contributed by atoms with E-state index < -0.39 is 0 Å². The van der Waals surface area contributed by atoms with Crippen LogP contribution in [-0.4, -0.2) is 0 Å². The maximum Gasteiger partial charge on any atom is -0.0225 e. The van der Waals surface area contributed by atoms with Gasteiger partial charge in [-0.05, 0) is 105 Å². The predicted octanol–water partition coefficient (Wildman–Crippen LogP) is 6.87. The summed E-state index contributed by atoms with van der Waals surface area (Å²) in [6.07, 6.45) is 15.6. The number of aryl methyl sites for hydroxylation is 2. The van der Waals surface area contributed by atoms with E-state index in [0.29, 0.717) is 0 Å². The van der Waals surface area contributed by atoms with Gasteiger partial charge in [-0.15, -0.1) is 6.58 Å². The second-order valence-electron chi connectivity index (χ2n) is 7.87. The minimum Gasteiger partial charge on any atom is -0.103 e. The lowest BCUT2D eigenvalue weighted by Crippen LogP contribution is -2.23. The first-order valence-corrected chi connectivity index (χ1v) is 9.55. The fourth-order valence-corrected chi connectivity index (χ4v) is 4.62. The second kappa shape index (κ2) is 7.51. The Kier molecular flexibility index (Phi) is 5.41. The highest BCUT2D eigenvalue weighted by molar-refractivity contribution is 5.67. The Morgan fingerprint density at radius 1 is 1.00 bits per heavy atom. The molecule has 0 nitrogen and oxygen atoms in total. The van der Waals surface area contributed by atoms with Crippen LogP contribution in [0.5, 0.6) is 0 Å². The zero-order chi connectivity index (χ0) is 16.2. The average Bonchev–Trinajstić information content (AvgIpc) is 2.59. The van der Waals surface area contributed by atoms with Gasteiger partial charge in [0.1, 0.15) is 0 Å². The van der Waals surface area contributed by atoms with Gasteiger partial charge in [-0.2, -0.15) is 0 Å². The van der Waals surface area contributed by atoms with Crippen LogP contribution in [0.15, 0.2) is 36.9 Å². The van der Waals surface area contributed by atoms with Crippen molar-refractivity contribution in [2.24, 2.45) is 17.8 Å². The van der Waals surface area contributed by atoms with Crippen LogP contribution in [0.4, 0.5) is 0 Å². The molecule has 2 aliphatic carbocycles. The van der Waals surface area contributed by atoms with E-state index in [2.05, 4.69) is 50.8 Å². The number of rotatable bonds is 4. The fraction of sp³-hybridized carbons (Fsp3) is 0.565. The maximum absolute atomic E-state index is 3.90. The summed E-state index contributed by atoms with van der Waals surface area (Å²) in [4.78, 5) is 0. The molecule has 0 saturated heterocycles. The third-order valence-electron chi connectivity index (χ3n) is 6.39. The molecule has 0 aromatic heterocycles. The highest BCUT2D eigenvalue weighted by Crippen LogP contribution is 2.41. The first-order valence-electron chi connectivity index (χ1n) is 9.55. The van der Waals surface area contributed by atoms with Gasteiger partial charge >= 0.3 is 0 Å². The first-order chi connectivity index (χ1) is 11.2. The molecule has 0 amide bonds. The molecule has 2 aliphatic rings. The van der Waals surface area contributed by atoms with E-state index in [4.69, 9.17) is 0 Å². The van der Waals surface area contributed by atoms with Crippen LogP contribution in [0.25, 0.3) is 5.57 Å². The summed E-state index contributed by atoms with van der Waals surface area (Å²) in [6.45, 7) is 8.33. The van der Waals surface area contributed by atoms with Crippen LogP contribution < -0.4 is 0 Å². The highest BCUT2D eigenvalue weighted by atomic mass is 14.3. The molecule has 1 saturated carbocycles. The molecule has 0 heteroatoms. The van der Waals surface area contributed by atoms with E-state index in [0.717, 1.165) is 17.8 Å². The predicted molar refractivity (Wildman–Crippen MR) is 101 cm³/mol. The van der Waals surface area contributed by atoms with Crippen molar-refractivity contribution in [3.05, 3.63) is 53.6 Å². The Morgan fingerprint density at radius 3 is 2.39 bits per heavy atom. The van der Waals surface area contributed by atoms with Crippen LogP contribution >= 0.6 is 0 Å². The molecule has 1 atom stereocenters. The Hall–Kier alpha value is -1.30. The molecule has 0 spiro atoms. The summed E-state index contributed by atoms with van der Waals surface area (Å²) in [6, 6.07) is 6.97. The van der Waals surface area contributed by atoms with E-state index in [1.807, 2.05) is 0 Å². The topological polar surface area (TPSA) is 0 Å². The summed E-state index contributed by atoms with van der Waals surface area (Å²) in [5, 5.41) is 0. The molecule has 124 valence electrons. The van der Waals surface area contributed by atoms with Crippen LogP contribution in [0.3, 0.4) is 0 Å². The molecule has 0 bridgehead atoms. The maximum atomic E-state index is 3.90. The second-order valence-corrected chi connectivity index (χ2v) is 7.87. The zero-order valence-electron chi connectivity index (χ0n) is 15.0. The van der Waals surface area contributed by atoms with Crippen molar-refractivity contribution in [1.82, 2.24) is 0 Å². The van der Waals surface area contributed by atoms with Gasteiger partial charge in [0, 0.05) is 0 Å². The van der Waals surface area contributed by atoms with E-state index >= 15 is 0 Å². The standard InChI is InChI=1S/C23H32/c1-4-5-19-7-10-20(11-8-19)21-12-14-22(15-13-21)23-9-6-17(2)18(3)16-23/h4,6,9,14,16,19-21H,1,5,7-8,10-13,15H2,2-3H3. The van der Waals surface area contributed by atoms with Crippen molar-refractivity contribution >= 4 is 5.57 Å². The van der Waals surface area contributed by atoms with Crippen molar-refractivity contribution in [2.75, 3.05) is 0 Å². The van der Waals surface area contributed by atoms with Gasteiger partial charge in [0.25, 0.3) is 0 Å². The van der Waals surface area contributed by atoms with Gasteiger partial charge in [0.15, 0.2) is 0 Å². The molecule has 3 rings (SSSR count). The molecule has 0 heterocycles.